The SMILES string of the molecule is CN1CCc2c([nH]c3ccc(F)cc23)C1. The topological polar surface area (TPSA) is 19.0 Å². The van der Waals surface area contributed by atoms with Crippen molar-refractivity contribution in [3.63, 3.8) is 0 Å². The second-order valence-corrected chi connectivity index (χ2v) is 4.26. The van der Waals surface area contributed by atoms with E-state index in [1.54, 1.807) is 6.07 Å². The number of nitrogens with one attached hydrogen (secondary N) is 1. The van der Waals surface area contributed by atoms with E-state index in [0.29, 0.717) is 0 Å². The summed E-state index contributed by atoms with van der Waals surface area (Å²) in [6.45, 7) is 1.99. The van der Waals surface area contributed by atoms with Crippen LogP contribution < -0.4 is 0 Å². The average Bonchev–Trinajstić information content (AvgIpc) is 2.54. The summed E-state index contributed by atoms with van der Waals surface area (Å²) >= 11 is 0. The van der Waals surface area contributed by atoms with Crippen LogP contribution in [0.5, 0.6) is 0 Å². The lowest BCUT2D eigenvalue weighted by Gasteiger charge is -2.22. The van der Waals surface area contributed by atoms with Crippen molar-refractivity contribution in [3.05, 3.63) is 35.3 Å². The van der Waals surface area contributed by atoms with Gasteiger partial charge in [-0.15, -0.1) is 0 Å². The third-order valence-corrected chi connectivity index (χ3v) is 3.13. The summed E-state index contributed by atoms with van der Waals surface area (Å²) < 4.78 is 13.1. The fraction of sp³-hybridized carbons (Fsp3) is 0.333. The minimum atomic E-state index is -0.150. The summed E-state index contributed by atoms with van der Waals surface area (Å²) in [5, 5.41) is 1.05. The summed E-state index contributed by atoms with van der Waals surface area (Å²) in [7, 11) is 2.11. The average molecular weight is 204 g/mol. The second kappa shape index (κ2) is 3.07. The monoisotopic (exact) mass is 204 g/mol. The number of aromatic amines is 1. The van der Waals surface area contributed by atoms with Crippen molar-refractivity contribution >= 4 is 10.9 Å². The van der Waals surface area contributed by atoms with Gasteiger partial charge in [-0.25, -0.2) is 4.39 Å². The van der Waals surface area contributed by atoms with Crippen molar-refractivity contribution in [1.29, 1.82) is 0 Å². The molecule has 0 amide bonds. The van der Waals surface area contributed by atoms with Crippen LogP contribution in [0.3, 0.4) is 0 Å². The fourth-order valence-electron chi connectivity index (χ4n) is 2.35. The van der Waals surface area contributed by atoms with Gasteiger partial charge in [0.2, 0.25) is 0 Å². The van der Waals surface area contributed by atoms with Gasteiger partial charge in [-0.3, -0.25) is 0 Å². The molecule has 0 saturated heterocycles. The highest BCUT2D eigenvalue weighted by molar-refractivity contribution is 5.85. The normalized spacial score (nSPS) is 16.9. The molecule has 0 bridgehead atoms. The first kappa shape index (κ1) is 8.92. The molecule has 0 unspecified atom stereocenters. The first-order valence-corrected chi connectivity index (χ1v) is 5.21. The Balaban J connectivity index is 2.24. The van der Waals surface area contributed by atoms with Crippen LogP contribution in [0, 0.1) is 5.82 Å². The number of likely N-dealkylation sites (N-methyl/N-ethyl adjacent to an activating group) is 1. The molecule has 3 rings (SSSR count). The maximum absolute atomic E-state index is 13.1. The predicted octanol–water partition coefficient (Wildman–Crippen LogP) is 2.29. The molecular formula is C12H13FN2. The molecule has 0 aliphatic carbocycles. The molecule has 1 aliphatic heterocycles. The maximum Gasteiger partial charge on any atom is 0.123 e. The van der Waals surface area contributed by atoms with Crippen molar-refractivity contribution in [2.45, 2.75) is 13.0 Å². The molecule has 15 heavy (non-hydrogen) atoms. The highest BCUT2D eigenvalue weighted by Crippen LogP contribution is 2.27. The Morgan fingerprint density at radius 2 is 2.27 bits per heavy atom. The molecule has 1 aromatic heterocycles. The number of benzene rings is 1. The predicted molar refractivity (Wildman–Crippen MR) is 58.3 cm³/mol. The van der Waals surface area contributed by atoms with Gasteiger partial charge in [-0.1, -0.05) is 0 Å². The molecule has 0 atom stereocenters. The molecule has 1 aliphatic rings. The summed E-state index contributed by atoms with van der Waals surface area (Å²) in [5.41, 5.74) is 3.59. The van der Waals surface area contributed by atoms with Crippen LogP contribution in [0.25, 0.3) is 10.9 Å². The Labute approximate surface area is 87.7 Å². The van der Waals surface area contributed by atoms with E-state index in [-0.39, 0.29) is 5.82 Å². The summed E-state index contributed by atoms with van der Waals surface area (Å²) in [6.07, 6.45) is 1.01. The Kier molecular flexibility index (Phi) is 1.83. The van der Waals surface area contributed by atoms with Crippen molar-refractivity contribution in [1.82, 2.24) is 9.88 Å². The standard InChI is InChI=1S/C12H13FN2/c1-15-5-4-9-10-6-8(13)2-3-11(10)14-12(9)7-15/h2-3,6,14H,4-5,7H2,1H3. The minimum absolute atomic E-state index is 0.150. The third kappa shape index (κ3) is 1.35. The zero-order chi connectivity index (χ0) is 10.4. The van der Waals surface area contributed by atoms with E-state index >= 15 is 0 Å². The number of rotatable bonds is 0. The van der Waals surface area contributed by atoms with E-state index in [2.05, 4.69) is 16.9 Å². The molecule has 1 aromatic carbocycles. The highest BCUT2D eigenvalue weighted by atomic mass is 19.1. The quantitative estimate of drug-likeness (QED) is 0.697. The fourth-order valence-corrected chi connectivity index (χ4v) is 2.35. The van der Waals surface area contributed by atoms with Crippen molar-refractivity contribution < 1.29 is 4.39 Å². The van der Waals surface area contributed by atoms with Crippen LogP contribution in [-0.2, 0) is 13.0 Å². The summed E-state index contributed by atoms with van der Waals surface area (Å²) in [4.78, 5) is 5.64. The van der Waals surface area contributed by atoms with Gasteiger partial charge in [-0.2, -0.15) is 0 Å². The van der Waals surface area contributed by atoms with E-state index in [1.165, 1.54) is 17.3 Å². The van der Waals surface area contributed by atoms with E-state index in [0.717, 1.165) is 30.4 Å². The number of nitrogens with zero attached hydrogens (tertiary/aromatic N) is 1. The number of H-pyrrole nitrogens is 1. The number of fused-ring (bicyclic) bond motifs is 3. The highest BCUT2D eigenvalue weighted by Gasteiger charge is 2.18. The van der Waals surface area contributed by atoms with Gasteiger partial charge in [-0.05, 0) is 37.2 Å². The van der Waals surface area contributed by atoms with Crippen LogP contribution in [0.1, 0.15) is 11.3 Å². The van der Waals surface area contributed by atoms with Gasteiger partial charge < -0.3 is 9.88 Å². The molecule has 0 radical (unpaired) electrons. The molecular weight excluding hydrogens is 191 g/mol. The molecule has 0 spiro atoms. The van der Waals surface area contributed by atoms with Crippen LogP contribution >= 0.6 is 0 Å². The molecule has 2 heterocycles. The molecule has 0 fully saturated rings. The molecule has 1 N–H and O–H groups in total. The minimum Gasteiger partial charge on any atom is -0.357 e. The zero-order valence-corrected chi connectivity index (χ0v) is 8.68. The molecule has 2 nitrogen and oxygen atoms in total. The first-order chi connectivity index (χ1) is 7.24. The zero-order valence-electron chi connectivity index (χ0n) is 8.68. The van der Waals surface area contributed by atoms with Crippen LogP contribution in [0.2, 0.25) is 0 Å². The van der Waals surface area contributed by atoms with Crippen molar-refractivity contribution in [2.75, 3.05) is 13.6 Å². The molecule has 78 valence electrons. The van der Waals surface area contributed by atoms with Crippen molar-refractivity contribution in [2.24, 2.45) is 0 Å². The summed E-state index contributed by atoms with van der Waals surface area (Å²) in [6, 6.07) is 4.97. The second-order valence-electron chi connectivity index (χ2n) is 4.26. The summed E-state index contributed by atoms with van der Waals surface area (Å²) in [5.74, 6) is -0.150. The molecule has 3 heteroatoms. The number of hydrogen-bond donors (Lipinski definition) is 1. The van der Waals surface area contributed by atoms with Gasteiger partial charge in [0.1, 0.15) is 5.82 Å². The molecule has 2 aromatic rings. The van der Waals surface area contributed by atoms with E-state index < -0.39 is 0 Å². The Hall–Kier alpha value is -1.35. The van der Waals surface area contributed by atoms with Gasteiger partial charge in [0.05, 0.1) is 0 Å². The van der Waals surface area contributed by atoms with Gasteiger partial charge in [0.15, 0.2) is 0 Å². The largest absolute Gasteiger partial charge is 0.357 e. The third-order valence-electron chi connectivity index (χ3n) is 3.13. The van der Waals surface area contributed by atoms with Gasteiger partial charge in [0.25, 0.3) is 0 Å². The van der Waals surface area contributed by atoms with E-state index in [4.69, 9.17) is 0 Å². The Bertz CT molecular complexity index is 516. The first-order valence-electron chi connectivity index (χ1n) is 5.21. The number of halogens is 1. The number of hydrogen-bond acceptors (Lipinski definition) is 1. The Morgan fingerprint density at radius 3 is 3.13 bits per heavy atom. The van der Waals surface area contributed by atoms with Gasteiger partial charge >= 0.3 is 0 Å². The Morgan fingerprint density at radius 1 is 1.40 bits per heavy atom. The maximum atomic E-state index is 13.1. The van der Waals surface area contributed by atoms with Crippen LogP contribution in [0.4, 0.5) is 4.39 Å². The van der Waals surface area contributed by atoms with E-state index in [1.807, 2.05) is 6.07 Å². The van der Waals surface area contributed by atoms with E-state index in [9.17, 15) is 4.39 Å². The van der Waals surface area contributed by atoms with Crippen molar-refractivity contribution in [3.8, 4) is 0 Å². The lowest BCUT2D eigenvalue weighted by atomic mass is 10.0. The lowest BCUT2D eigenvalue weighted by Crippen LogP contribution is -2.26. The number of aromatic nitrogens is 1. The van der Waals surface area contributed by atoms with Crippen LogP contribution in [0.15, 0.2) is 18.2 Å². The lowest BCUT2D eigenvalue weighted by molar-refractivity contribution is 0.310. The van der Waals surface area contributed by atoms with Crippen LogP contribution in [-0.4, -0.2) is 23.5 Å². The smallest absolute Gasteiger partial charge is 0.123 e. The molecule has 0 saturated carbocycles. The van der Waals surface area contributed by atoms with Gasteiger partial charge in [0, 0.05) is 29.7 Å².